The maximum atomic E-state index is 12.1. The van der Waals surface area contributed by atoms with E-state index in [0.29, 0.717) is 19.0 Å². The first-order valence-electron chi connectivity index (χ1n) is 8.77. The maximum Gasteiger partial charge on any atom is 0.242 e. The summed E-state index contributed by atoms with van der Waals surface area (Å²) >= 11 is 1.71. The van der Waals surface area contributed by atoms with Crippen LogP contribution in [0, 0.1) is 13.8 Å². The third-order valence-electron chi connectivity index (χ3n) is 3.67. The van der Waals surface area contributed by atoms with E-state index < -0.39 is 10.0 Å². The van der Waals surface area contributed by atoms with Gasteiger partial charge in [0.2, 0.25) is 10.0 Å². The standard InChI is InChI=1S/C17H26N6O2S2.HI/c1-4-19-17(20-9-7-16-23-13(2)14(3)26-16)21-10-11-22-27(24,25)15-6-5-8-18-12-15;/h5-6,8,12,22H,4,7,9-11H2,1-3H3,(H2,19,20,21);1H. The summed E-state index contributed by atoms with van der Waals surface area (Å²) in [7, 11) is -3.55. The quantitative estimate of drug-likeness (QED) is 0.195. The van der Waals surface area contributed by atoms with E-state index in [1.807, 2.05) is 13.8 Å². The number of sulfonamides is 1. The van der Waals surface area contributed by atoms with Gasteiger partial charge in [-0.2, -0.15) is 0 Å². The molecule has 8 nitrogen and oxygen atoms in total. The number of hydrogen-bond acceptors (Lipinski definition) is 6. The molecule has 2 rings (SSSR count). The summed E-state index contributed by atoms with van der Waals surface area (Å²) < 4.78 is 26.8. The lowest BCUT2D eigenvalue weighted by Crippen LogP contribution is -2.39. The molecule has 0 saturated carbocycles. The van der Waals surface area contributed by atoms with Gasteiger partial charge in [0.25, 0.3) is 0 Å². The molecule has 0 spiro atoms. The van der Waals surface area contributed by atoms with Crippen LogP contribution in [0.15, 0.2) is 34.4 Å². The van der Waals surface area contributed by atoms with Crippen molar-refractivity contribution in [2.24, 2.45) is 4.99 Å². The molecular formula is C17H27IN6O2S2. The van der Waals surface area contributed by atoms with Crippen LogP contribution in [0.5, 0.6) is 0 Å². The van der Waals surface area contributed by atoms with Gasteiger partial charge in [0.05, 0.1) is 17.2 Å². The van der Waals surface area contributed by atoms with E-state index in [2.05, 4.69) is 37.2 Å². The number of aliphatic imine (C=N–C) groups is 1. The van der Waals surface area contributed by atoms with Gasteiger partial charge < -0.3 is 10.6 Å². The van der Waals surface area contributed by atoms with Gasteiger partial charge >= 0.3 is 0 Å². The molecule has 0 fully saturated rings. The second kappa shape index (κ2) is 12.3. The van der Waals surface area contributed by atoms with Crippen molar-refractivity contribution >= 4 is 51.3 Å². The van der Waals surface area contributed by atoms with Crippen LogP contribution in [0.3, 0.4) is 0 Å². The molecule has 0 saturated heterocycles. The number of aromatic nitrogens is 2. The molecular weight excluding hydrogens is 511 g/mol. The average molecular weight is 538 g/mol. The normalized spacial score (nSPS) is 11.8. The van der Waals surface area contributed by atoms with Gasteiger partial charge in [-0.25, -0.2) is 18.1 Å². The first kappa shape index (κ1) is 24.7. The molecule has 156 valence electrons. The molecule has 28 heavy (non-hydrogen) atoms. The minimum atomic E-state index is -3.55. The zero-order valence-corrected chi connectivity index (χ0v) is 20.2. The highest BCUT2D eigenvalue weighted by molar-refractivity contribution is 14.0. The molecule has 0 aromatic carbocycles. The number of thiazole rings is 1. The molecule has 0 radical (unpaired) electrons. The Balaban J connectivity index is 0.00000392. The lowest BCUT2D eigenvalue weighted by Gasteiger charge is -2.11. The Labute approximate surface area is 187 Å². The highest BCUT2D eigenvalue weighted by Gasteiger charge is 2.12. The minimum Gasteiger partial charge on any atom is -0.357 e. The summed E-state index contributed by atoms with van der Waals surface area (Å²) in [6.07, 6.45) is 3.67. The zero-order valence-electron chi connectivity index (χ0n) is 16.2. The summed E-state index contributed by atoms with van der Waals surface area (Å²) in [6.45, 7) is 8.03. The third-order valence-corrected chi connectivity index (χ3v) is 6.25. The van der Waals surface area contributed by atoms with Crippen LogP contribution in [-0.4, -0.2) is 50.5 Å². The van der Waals surface area contributed by atoms with Crippen molar-refractivity contribution in [1.82, 2.24) is 25.3 Å². The van der Waals surface area contributed by atoms with Crippen LogP contribution in [0.4, 0.5) is 0 Å². The molecule has 0 aliphatic heterocycles. The van der Waals surface area contributed by atoms with Gasteiger partial charge in [-0.05, 0) is 32.9 Å². The van der Waals surface area contributed by atoms with Crippen molar-refractivity contribution in [2.45, 2.75) is 32.1 Å². The molecule has 2 aromatic rings. The number of aryl methyl sites for hydroxylation is 2. The zero-order chi connectivity index (χ0) is 19.7. The SMILES string of the molecule is CCNC(=NCCNS(=O)(=O)c1cccnc1)NCCc1nc(C)c(C)s1.I. The van der Waals surface area contributed by atoms with E-state index in [9.17, 15) is 8.42 Å². The number of rotatable bonds is 9. The number of nitrogens with one attached hydrogen (secondary N) is 3. The average Bonchev–Trinajstić information content (AvgIpc) is 2.97. The molecule has 0 amide bonds. The molecule has 0 aliphatic rings. The summed E-state index contributed by atoms with van der Waals surface area (Å²) in [6, 6.07) is 3.09. The number of nitrogens with zero attached hydrogens (tertiary/aromatic N) is 3. The number of halogens is 1. The molecule has 0 unspecified atom stereocenters. The van der Waals surface area contributed by atoms with Crippen molar-refractivity contribution in [1.29, 1.82) is 0 Å². The number of pyridine rings is 1. The van der Waals surface area contributed by atoms with Gasteiger partial charge in [-0.1, -0.05) is 0 Å². The van der Waals surface area contributed by atoms with Crippen LogP contribution in [0.2, 0.25) is 0 Å². The molecule has 0 bridgehead atoms. The third kappa shape index (κ3) is 7.97. The first-order valence-corrected chi connectivity index (χ1v) is 11.1. The van der Waals surface area contributed by atoms with E-state index in [1.165, 1.54) is 23.3 Å². The van der Waals surface area contributed by atoms with E-state index in [0.717, 1.165) is 23.7 Å². The van der Waals surface area contributed by atoms with Crippen LogP contribution in [0.1, 0.15) is 22.5 Å². The monoisotopic (exact) mass is 538 g/mol. The Bertz CT molecular complexity index is 836. The van der Waals surface area contributed by atoms with E-state index in [-0.39, 0.29) is 35.4 Å². The molecule has 11 heteroatoms. The van der Waals surface area contributed by atoms with Crippen molar-refractivity contribution < 1.29 is 8.42 Å². The fraction of sp³-hybridized carbons (Fsp3) is 0.471. The fourth-order valence-electron chi connectivity index (χ4n) is 2.21. The number of guanidine groups is 1. The summed E-state index contributed by atoms with van der Waals surface area (Å²) in [5.74, 6) is 0.656. The summed E-state index contributed by atoms with van der Waals surface area (Å²) in [5, 5.41) is 7.49. The van der Waals surface area contributed by atoms with Crippen LogP contribution in [-0.2, 0) is 16.4 Å². The Kier molecular flexibility index (Phi) is 10.9. The Morgan fingerprint density at radius 1 is 1.25 bits per heavy atom. The van der Waals surface area contributed by atoms with Crippen molar-refractivity contribution in [2.75, 3.05) is 26.2 Å². The first-order chi connectivity index (χ1) is 12.9. The predicted octanol–water partition coefficient (Wildman–Crippen LogP) is 1.85. The van der Waals surface area contributed by atoms with Crippen molar-refractivity contribution in [3.63, 3.8) is 0 Å². The lowest BCUT2D eigenvalue weighted by atomic mass is 10.4. The number of hydrogen-bond donors (Lipinski definition) is 3. The molecule has 0 atom stereocenters. The van der Waals surface area contributed by atoms with E-state index in [4.69, 9.17) is 0 Å². The smallest absolute Gasteiger partial charge is 0.242 e. The van der Waals surface area contributed by atoms with E-state index in [1.54, 1.807) is 17.4 Å². The van der Waals surface area contributed by atoms with Crippen molar-refractivity contribution in [3.8, 4) is 0 Å². The van der Waals surface area contributed by atoms with Gasteiger partial charge in [0, 0.05) is 43.3 Å². The second-order valence-electron chi connectivity index (χ2n) is 5.77. The highest BCUT2D eigenvalue weighted by atomic mass is 127. The van der Waals surface area contributed by atoms with Gasteiger partial charge in [0.15, 0.2) is 5.96 Å². The van der Waals surface area contributed by atoms with Gasteiger partial charge in [-0.15, -0.1) is 35.3 Å². The van der Waals surface area contributed by atoms with Gasteiger partial charge in [-0.3, -0.25) is 9.98 Å². The lowest BCUT2D eigenvalue weighted by molar-refractivity contribution is 0.581. The summed E-state index contributed by atoms with van der Waals surface area (Å²) in [5.41, 5.74) is 1.08. The molecule has 0 aliphatic carbocycles. The van der Waals surface area contributed by atoms with Crippen molar-refractivity contribution in [3.05, 3.63) is 40.1 Å². The van der Waals surface area contributed by atoms with Crippen LogP contribution >= 0.6 is 35.3 Å². The molecule has 2 aromatic heterocycles. The fourth-order valence-corrected chi connectivity index (χ4v) is 4.13. The van der Waals surface area contributed by atoms with E-state index >= 15 is 0 Å². The highest BCUT2D eigenvalue weighted by Crippen LogP contribution is 2.16. The Morgan fingerprint density at radius 3 is 2.64 bits per heavy atom. The minimum absolute atomic E-state index is 0. The largest absolute Gasteiger partial charge is 0.357 e. The van der Waals surface area contributed by atoms with Crippen LogP contribution < -0.4 is 15.4 Å². The molecule has 3 N–H and O–H groups in total. The predicted molar refractivity (Wildman–Crippen MR) is 124 cm³/mol. The second-order valence-corrected chi connectivity index (χ2v) is 8.83. The maximum absolute atomic E-state index is 12.1. The Hall–Kier alpha value is -1.31. The van der Waals surface area contributed by atoms with Crippen LogP contribution in [0.25, 0.3) is 0 Å². The van der Waals surface area contributed by atoms with Gasteiger partial charge in [0.1, 0.15) is 4.90 Å². The molecule has 2 heterocycles. The topological polar surface area (TPSA) is 108 Å². The summed E-state index contributed by atoms with van der Waals surface area (Å²) in [4.78, 5) is 14.1. The Morgan fingerprint density at radius 2 is 2.04 bits per heavy atom.